The van der Waals surface area contributed by atoms with E-state index in [1.807, 2.05) is 6.92 Å². The number of phenols is 1. The molecule has 2 rings (SSSR count). The van der Waals surface area contributed by atoms with E-state index >= 15 is 0 Å². The Kier molecular flexibility index (Phi) is 3.70. The van der Waals surface area contributed by atoms with Crippen LogP contribution in [-0.2, 0) is 13.2 Å². The van der Waals surface area contributed by atoms with E-state index in [-0.39, 0.29) is 18.1 Å². The lowest BCUT2D eigenvalue weighted by Crippen LogP contribution is -2.05. The summed E-state index contributed by atoms with van der Waals surface area (Å²) in [7, 11) is 0. The molecule has 6 nitrogen and oxygen atoms in total. The number of carboxylic acids is 1. The highest BCUT2D eigenvalue weighted by atomic mass is 16.5. The maximum absolute atomic E-state index is 10.9. The topological polar surface area (TPSA) is 84.6 Å². The molecule has 1 aromatic carbocycles. The zero-order valence-electron chi connectivity index (χ0n) is 10.4. The molecule has 0 aliphatic heterocycles. The second-order valence-corrected chi connectivity index (χ2v) is 3.92. The van der Waals surface area contributed by atoms with Crippen molar-refractivity contribution in [3.05, 3.63) is 42.0 Å². The Morgan fingerprint density at radius 2 is 2.26 bits per heavy atom. The van der Waals surface area contributed by atoms with Gasteiger partial charge in [-0.05, 0) is 19.1 Å². The predicted octanol–water partition coefficient (Wildman–Crippen LogP) is 1.89. The van der Waals surface area contributed by atoms with Gasteiger partial charge in [0.25, 0.3) is 0 Å². The Morgan fingerprint density at radius 1 is 1.47 bits per heavy atom. The number of rotatable bonds is 5. The van der Waals surface area contributed by atoms with Gasteiger partial charge in [0.2, 0.25) is 0 Å². The maximum Gasteiger partial charge on any atom is 0.356 e. The van der Waals surface area contributed by atoms with Crippen LogP contribution in [0.1, 0.15) is 23.2 Å². The molecule has 100 valence electrons. The molecule has 0 amide bonds. The van der Waals surface area contributed by atoms with Crippen LogP contribution in [0.4, 0.5) is 0 Å². The summed E-state index contributed by atoms with van der Waals surface area (Å²) in [6.45, 7) is 2.65. The monoisotopic (exact) mass is 262 g/mol. The Morgan fingerprint density at radius 3 is 2.89 bits per heavy atom. The van der Waals surface area contributed by atoms with Crippen molar-refractivity contribution >= 4 is 5.97 Å². The summed E-state index contributed by atoms with van der Waals surface area (Å²) in [5.41, 5.74) is -0.00337. The van der Waals surface area contributed by atoms with Crippen molar-refractivity contribution in [2.45, 2.75) is 20.1 Å². The minimum atomic E-state index is -1.06. The molecule has 0 saturated carbocycles. The van der Waals surface area contributed by atoms with Crippen LogP contribution >= 0.6 is 0 Å². The summed E-state index contributed by atoms with van der Waals surface area (Å²) in [6.07, 6.45) is 1.48. The average molecular weight is 262 g/mol. The number of aromatic carboxylic acids is 1. The Balaban J connectivity index is 2.12. The van der Waals surface area contributed by atoms with Gasteiger partial charge in [-0.2, -0.15) is 0 Å². The van der Waals surface area contributed by atoms with E-state index in [9.17, 15) is 9.90 Å². The molecular weight excluding hydrogens is 248 g/mol. The van der Waals surface area contributed by atoms with Crippen LogP contribution in [0.25, 0.3) is 0 Å². The lowest BCUT2D eigenvalue weighted by atomic mass is 10.3. The van der Waals surface area contributed by atoms with Crippen LogP contribution in [0.2, 0.25) is 0 Å². The zero-order chi connectivity index (χ0) is 13.8. The van der Waals surface area contributed by atoms with Gasteiger partial charge in [-0.25, -0.2) is 9.78 Å². The predicted molar refractivity (Wildman–Crippen MR) is 67.3 cm³/mol. The Labute approximate surface area is 109 Å². The van der Waals surface area contributed by atoms with Crippen LogP contribution < -0.4 is 4.74 Å². The number of aryl methyl sites for hydroxylation is 1. The number of nitrogens with zero attached hydrogens (tertiary/aromatic N) is 2. The van der Waals surface area contributed by atoms with Crippen molar-refractivity contribution in [3.8, 4) is 11.5 Å². The van der Waals surface area contributed by atoms with Gasteiger partial charge in [0, 0.05) is 18.8 Å². The van der Waals surface area contributed by atoms with Crippen LogP contribution in [0, 0.1) is 0 Å². The number of imidazole rings is 1. The SMILES string of the molecule is CCn1cc(C(=O)O)nc1COc1cccc(O)c1. The minimum Gasteiger partial charge on any atom is -0.508 e. The molecule has 2 N–H and O–H groups in total. The van der Waals surface area contributed by atoms with E-state index in [4.69, 9.17) is 9.84 Å². The number of phenolic OH excluding ortho intramolecular Hbond substituents is 1. The number of aromatic nitrogens is 2. The van der Waals surface area contributed by atoms with Gasteiger partial charge in [0.15, 0.2) is 5.69 Å². The summed E-state index contributed by atoms with van der Waals surface area (Å²) in [6, 6.07) is 6.40. The smallest absolute Gasteiger partial charge is 0.356 e. The summed E-state index contributed by atoms with van der Waals surface area (Å²) < 4.78 is 7.19. The molecule has 0 unspecified atom stereocenters. The van der Waals surface area contributed by atoms with Crippen LogP contribution in [0.5, 0.6) is 11.5 Å². The molecule has 0 spiro atoms. The third kappa shape index (κ3) is 3.04. The van der Waals surface area contributed by atoms with Gasteiger partial charge < -0.3 is 19.5 Å². The molecule has 1 aromatic heterocycles. The zero-order valence-corrected chi connectivity index (χ0v) is 10.4. The number of hydrogen-bond donors (Lipinski definition) is 2. The second kappa shape index (κ2) is 5.43. The van der Waals surface area contributed by atoms with E-state index in [0.29, 0.717) is 18.1 Å². The van der Waals surface area contributed by atoms with Gasteiger partial charge in [0.1, 0.15) is 23.9 Å². The van der Waals surface area contributed by atoms with Gasteiger partial charge in [-0.3, -0.25) is 0 Å². The fraction of sp³-hybridized carbons (Fsp3) is 0.231. The first kappa shape index (κ1) is 12.9. The highest BCUT2D eigenvalue weighted by Gasteiger charge is 2.12. The quantitative estimate of drug-likeness (QED) is 0.859. The molecular formula is C13H14N2O4. The highest BCUT2D eigenvalue weighted by Crippen LogP contribution is 2.18. The molecule has 1 heterocycles. The first-order valence-corrected chi connectivity index (χ1v) is 5.81. The molecule has 0 aliphatic carbocycles. The number of carbonyl (C=O) groups is 1. The van der Waals surface area contributed by atoms with E-state index in [1.165, 1.54) is 12.3 Å². The van der Waals surface area contributed by atoms with Crippen LogP contribution in [0.3, 0.4) is 0 Å². The van der Waals surface area contributed by atoms with Gasteiger partial charge in [0.05, 0.1) is 0 Å². The third-order valence-corrected chi connectivity index (χ3v) is 2.60. The molecule has 0 radical (unpaired) electrons. The van der Waals surface area contributed by atoms with Crippen molar-refractivity contribution in [2.24, 2.45) is 0 Å². The van der Waals surface area contributed by atoms with Crippen molar-refractivity contribution in [2.75, 3.05) is 0 Å². The molecule has 0 saturated heterocycles. The highest BCUT2D eigenvalue weighted by molar-refractivity contribution is 5.85. The first-order valence-electron chi connectivity index (χ1n) is 5.81. The van der Waals surface area contributed by atoms with E-state index < -0.39 is 5.97 Å². The minimum absolute atomic E-state index is 0.00337. The second-order valence-electron chi connectivity index (χ2n) is 3.92. The van der Waals surface area contributed by atoms with Crippen LogP contribution in [0.15, 0.2) is 30.5 Å². The number of hydrogen-bond acceptors (Lipinski definition) is 4. The number of ether oxygens (including phenoxy) is 1. The largest absolute Gasteiger partial charge is 0.508 e. The van der Waals surface area contributed by atoms with E-state index in [2.05, 4.69) is 4.98 Å². The van der Waals surface area contributed by atoms with Crippen molar-refractivity contribution in [1.82, 2.24) is 9.55 Å². The first-order chi connectivity index (χ1) is 9.10. The van der Waals surface area contributed by atoms with Crippen LogP contribution in [-0.4, -0.2) is 25.7 Å². The van der Waals surface area contributed by atoms with Gasteiger partial charge in [-0.15, -0.1) is 0 Å². The average Bonchev–Trinajstić information content (AvgIpc) is 2.80. The van der Waals surface area contributed by atoms with Gasteiger partial charge >= 0.3 is 5.97 Å². The standard InChI is InChI=1S/C13H14N2O4/c1-2-15-7-11(13(17)18)14-12(15)8-19-10-5-3-4-9(16)6-10/h3-7,16H,2,8H2,1H3,(H,17,18). The van der Waals surface area contributed by atoms with Crippen molar-refractivity contribution < 1.29 is 19.7 Å². The normalized spacial score (nSPS) is 10.4. The molecule has 0 aliphatic rings. The molecule has 0 bridgehead atoms. The molecule has 2 aromatic rings. The Bertz CT molecular complexity index is 592. The lowest BCUT2D eigenvalue weighted by molar-refractivity contribution is 0.0690. The molecule has 0 fully saturated rings. The van der Waals surface area contributed by atoms with Crippen molar-refractivity contribution in [3.63, 3.8) is 0 Å². The molecule has 6 heteroatoms. The third-order valence-electron chi connectivity index (χ3n) is 2.60. The maximum atomic E-state index is 10.9. The fourth-order valence-corrected chi connectivity index (χ4v) is 1.67. The fourth-order valence-electron chi connectivity index (χ4n) is 1.67. The van der Waals surface area contributed by atoms with Gasteiger partial charge in [-0.1, -0.05) is 6.07 Å². The van der Waals surface area contributed by atoms with Crippen molar-refractivity contribution in [1.29, 1.82) is 0 Å². The number of benzene rings is 1. The molecule has 0 atom stereocenters. The Hall–Kier alpha value is -2.50. The number of carboxylic acid groups (broad SMARTS) is 1. The van der Waals surface area contributed by atoms with E-state index in [1.54, 1.807) is 22.8 Å². The summed E-state index contributed by atoms with van der Waals surface area (Å²) in [4.78, 5) is 14.8. The summed E-state index contributed by atoms with van der Waals surface area (Å²) in [5, 5.41) is 18.2. The lowest BCUT2D eigenvalue weighted by Gasteiger charge is -2.07. The number of aromatic hydroxyl groups is 1. The van der Waals surface area contributed by atoms with E-state index in [0.717, 1.165) is 0 Å². The summed E-state index contributed by atoms with van der Waals surface area (Å²) >= 11 is 0. The molecule has 19 heavy (non-hydrogen) atoms. The summed E-state index contributed by atoms with van der Waals surface area (Å²) in [5.74, 6) is 0.0825.